The van der Waals surface area contributed by atoms with E-state index in [9.17, 15) is 4.79 Å². The molecular weight excluding hydrogens is 402 g/mol. The van der Waals surface area contributed by atoms with Crippen LogP contribution < -0.4 is 14.8 Å². The molecule has 1 fully saturated rings. The monoisotopic (exact) mass is 427 g/mol. The Labute approximate surface area is 179 Å². The number of nitrogens with one attached hydrogen (secondary N) is 1. The fourth-order valence-electron chi connectivity index (χ4n) is 3.48. The van der Waals surface area contributed by atoms with Gasteiger partial charge in [-0.15, -0.1) is 0 Å². The molecule has 1 saturated heterocycles. The summed E-state index contributed by atoms with van der Waals surface area (Å²) >= 11 is 1.50. The van der Waals surface area contributed by atoms with E-state index >= 15 is 0 Å². The molecule has 1 amide bonds. The smallest absolute Gasteiger partial charge is 0.230 e. The lowest BCUT2D eigenvalue weighted by Crippen LogP contribution is -2.35. The molecule has 158 valence electrons. The number of hydrogen-bond acceptors (Lipinski definition) is 7. The number of rotatable bonds is 7. The molecule has 2 aromatic carbocycles. The van der Waals surface area contributed by atoms with Crippen molar-refractivity contribution in [2.45, 2.75) is 13.0 Å². The second-order valence-corrected chi connectivity index (χ2v) is 8.15. The van der Waals surface area contributed by atoms with Crippen molar-refractivity contribution < 1.29 is 19.0 Å². The number of anilines is 1. The first kappa shape index (κ1) is 20.6. The van der Waals surface area contributed by atoms with E-state index in [0.29, 0.717) is 16.6 Å². The molecule has 0 aliphatic carbocycles. The second-order valence-electron chi connectivity index (χ2n) is 7.12. The van der Waals surface area contributed by atoms with E-state index < -0.39 is 0 Å². The minimum atomic E-state index is -0.116. The van der Waals surface area contributed by atoms with Gasteiger partial charge in [-0.3, -0.25) is 9.69 Å². The van der Waals surface area contributed by atoms with Gasteiger partial charge in [-0.2, -0.15) is 0 Å². The normalized spacial score (nSPS) is 14.6. The molecule has 0 bridgehead atoms. The predicted molar refractivity (Wildman–Crippen MR) is 118 cm³/mol. The number of fused-ring (bicyclic) bond motifs is 1. The fourth-order valence-corrected chi connectivity index (χ4v) is 4.42. The molecule has 4 rings (SSSR count). The first-order chi connectivity index (χ1) is 14.6. The van der Waals surface area contributed by atoms with E-state index in [1.165, 1.54) is 16.9 Å². The first-order valence-electron chi connectivity index (χ1n) is 9.85. The third-order valence-corrected chi connectivity index (χ3v) is 5.96. The quantitative estimate of drug-likeness (QED) is 0.624. The van der Waals surface area contributed by atoms with Crippen molar-refractivity contribution in [3.63, 3.8) is 0 Å². The van der Waals surface area contributed by atoms with Gasteiger partial charge >= 0.3 is 0 Å². The summed E-state index contributed by atoms with van der Waals surface area (Å²) in [6.07, 6.45) is 0.235. The lowest BCUT2D eigenvalue weighted by Gasteiger charge is -2.26. The van der Waals surface area contributed by atoms with Crippen molar-refractivity contribution in [3.05, 3.63) is 47.5 Å². The lowest BCUT2D eigenvalue weighted by atomic mass is 10.1. The third kappa shape index (κ3) is 4.89. The minimum Gasteiger partial charge on any atom is -0.493 e. The number of hydrogen-bond donors (Lipinski definition) is 1. The third-order valence-electron chi connectivity index (χ3n) is 5.02. The first-order valence-corrected chi connectivity index (χ1v) is 10.7. The summed E-state index contributed by atoms with van der Waals surface area (Å²) in [4.78, 5) is 19.4. The number of ether oxygens (including phenoxy) is 3. The van der Waals surface area contributed by atoms with Gasteiger partial charge in [-0.1, -0.05) is 23.5 Å². The Hall–Kier alpha value is -2.68. The Morgan fingerprint density at radius 2 is 1.87 bits per heavy atom. The number of morpholine rings is 1. The highest BCUT2D eigenvalue weighted by Crippen LogP contribution is 2.29. The van der Waals surface area contributed by atoms with Crippen LogP contribution in [0.1, 0.15) is 11.1 Å². The largest absolute Gasteiger partial charge is 0.493 e. The lowest BCUT2D eigenvalue weighted by molar-refractivity contribution is -0.115. The number of thiazole rings is 1. The molecule has 1 aromatic heterocycles. The van der Waals surface area contributed by atoms with Crippen molar-refractivity contribution in [2.75, 3.05) is 45.8 Å². The second kappa shape index (κ2) is 9.42. The average molecular weight is 428 g/mol. The zero-order chi connectivity index (χ0) is 20.9. The molecular formula is C22H25N3O4S. The van der Waals surface area contributed by atoms with Crippen LogP contribution in [-0.2, 0) is 22.5 Å². The molecule has 30 heavy (non-hydrogen) atoms. The standard InChI is InChI=1S/C22H25N3O4S/c1-27-18-6-4-15(11-19(18)28-2)13-21(26)24-22-23-17-5-3-16(12-20(17)30-22)14-25-7-9-29-10-8-25/h3-6,11-12H,7-10,13-14H2,1-2H3,(H,23,24,26). The van der Waals surface area contributed by atoms with Crippen molar-refractivity contribution in [2.24, 2.45) is 0 Å². The van der Waals surface area contributed by atoms with E-state index in [2.05, 4.69) is 27.3 Å². The Kier molecular flexibility index (Phi) is 6.47. The van der Waals surface area contributed by atoms with E-state index in [-0.39, 0.29) is 12.3 Å². The number of amides is 1. The number of benzene rings is 2. The fraction of sp³-hybridized carbons (Fsp3) is 0.364. The summed E-state index contributed by atoms with van der Waals surface area (Å²) in [6.45, 7) is 4.40. The van der Waals surface area contributed by atoms with Crippen LogP contribution in [0, 0.1) is 0 Å². The number of methoxy groups -OCH3 is 2. The number of aromatic nitrogens is 1. The molecule has 3 aromatic rings. The highest BCUT2D eigenvalue weighted by molar-refractivity contribution is 7.22. The Morgan fingerprint density at radius 1 is 1.10 bits per heavy atom. The molecule has 1 aliphatic rings. The van der Waals surface area contributed by atoms with Gasteiger partial charge in [-0.05, 0) is 35.4 Å². The molecule has 0 radical (unpaired) electrons. The summed E-state index contributed by atoms with van der Waals surface area (Å²) < 4.78 is 17.0. The van der Waals surface area contributed by atoms with E-state index in [1.54, 1.807) is 20.3 Å². The van der Waals surface area contributed by atoms with Crippen LogP contribution in [0.3, 0.4) is 0 Å². The van der Waals surface area contributed by atoms with Gasteiger partial charge in [0, 0.05) is 19.6 Å². The molecule has 8 heteroatoms. The molecule has 0 saturated carbocycles. The molecule has 1 aliphatic heterocycles. The summed E-state index contributed by atoms with van der Waals surface area (Å²) in [5.41, 5.74) is 2.99. The number of nitrogens with zero attached hydrogens (tertiary/aromatic N) is 2. The van der Waals surface area contributed by atoms with Crippen molar-refractivity contribution >= 4 is 32.6 Å². The number of carbonyl (C=O) groups is 1. The maximum absolute atomic E-state index is 12.5. The zero-order valence-corrected chi connectivity index (χ0v) is 18.0. The SMILES string of the molecule is COc1ccc(CC(=O)Nc2nc3ccc(CN4CCOCC4)cc3s2)cc1OC. The zero-order valence-electron chi connectivity index (χ0n) is 17.1. The molecule has 1 N–H and O–H groups in total. The molecule has 7 nitrogen and oxygen atoms in total. The van der Waals surface area contributed by atoms with Crippen molar-refractivity contribution in [1.82, 2.24) is 9.88 Å². The van der Waals surface area contributed by atoms with Gasteiger partial charge in [0.05, 0.1) is 44.1 Å². The summed E-state index contributed by atoms with van der Waals surface area (Å²) in [7, 11) is 3.17. The topological polar surface area (TPSA) is 72.9 Å². The molecule has 0 spiro atoms. The van der Waals surface area contributed by atoms with Gasteiger partial charge < -0.3 is 19.5 Å². The Morgan fingerprint density at radius 3 is 2.63 bits per heavy atom. The average Bonchev–Trinajstić information content (AvgIpc) is 3.15. The van der Waals surface area contributed by atoms with Crippen LogP contribution in [0.15, 0.2) is 36.4 Å². The van der Waals surface area contributed by atoms with Crippen LogP contribution >= 0.6 is 11.3 Å². The van der Waals surface area contributed by atoms with Gasteiger partial charge in [-0.25, -0.2) is 4.98 Å². The maximum atomic E-state index is 12.5. The van der Waals surface area contributed by atoms with Gasteiger partial charge in [0.25, 0.3) is 0 Å². The summed E-state index contributed by atoms with van der Waals surface area (Å²) in [5.74, 6) is 1.13. The molecule has 2 heterocycles. The maximum Gasteiger partial charge on any atom is 0.230 e. The van der Waals surface area contributed by atoms with E-state index in [4.69, 9.17) is 14.2 Å². The summed E-state index contributed by atoms with van der Waals surface area (Å²) in [6, 6.07) is 11.8. The van der Waals surface area contributed by atoms with E-state index in [1.807, 2.05) is 18.2 Å². The van der Waals surface area contributed by atoms with Gasteiger partial charge in [0.2, 0.25) is 5.91 Å². The molecule has 0 unspecified atom stereocenters. The summed E-state index contributed by atoms with van der Waals surface area (Å²) in [5, 5.41) is 3.53. The van der Waals surface area contributed by atoms with Gasteiger partial charge in [0.15, 0.2) is 16.6 Å². The highest BCUT2D eigenvalue weighted by Gasteiger charge is 2.13. The predicted octanol–water partition coefficient (Wildman–Crippen LogP) is 3.33. The van der Waals surface area contributed by atoms with Crippen molar-refractivity contribution in [3.8, 4) is 11.5 Å². The highest BCUT2D eigenvalue weighted by atomic mass is 32.1. The van der Waals surface area contributed by atoms with Crippen LogP contribution in [0.25, 0.3) is 10.2 Å². The Balaban J connectivity index is 1.41. The van der Waals surface area contributed by atoms with Crippen molar-refractivity contribution in [1.29, 1.82) is 0 Å². The van der Waals surface area contributed by atoms with Crippen LogP contribution in [-0.4, -0.2) is 56.3 Å². The van der Waals surface area contributed by atoms with E-state index in [0.717, 1.165) is 48.6 Å². The van der Waals surface area contributed by atoms with Crippen LogP contribution in [0.5, 0.6) is 11.5 Å². The molecule has 0 atom stereocenters. The van der Waals surface area contributed by atoms with Crippen LogP contribution in [0.2, 0.25) is 0 Å². The number of carbonyl (C=O) groups excluding carboxylic acids is 1. The minimum absolute atomic E-state index is 0.116. The van der Waals surface area contributed by atoms with Gasteiger partial charge in [0.1, 0.15) is 0 Å². The Bertz CT molecular complexity index is 1030. The van der Waals surface area contributed by atoms with Crippen LogP contribution in [0.4, 0.5) is 5.13 Å².